The van der Waals surface area contributed by atoms with Gasteiger partial charge in [0.25, 0.3) is 0 Å². The number of benzene rings is 1. The number of nitrogens with zero attached hydrogens (tertiary/aromatic N) is 8. The van der Waals surface area contributed by atoms with Crippen LogP contribution >= 0.6 is 0 Å². The van der Waals surface area contributed by atoms with E-state index in [1.807, 2.05) is 60.6 Å². The van der Waals surface area contributed by atoms with Crippen molar-refractivity contribution in [3.63, 3.8) is 0 Å². The zero-order valence-corrected chi connectivity index (χ0v) is 25.3. The van der Waals surface area contributed by atoms with E-state index in [0.29, 0.717) is 29.7 Å². The maximum Gasteiger partial charge on any atom is 0.323 e. The third kappa shape index (κ3) is 6.04. The number of aryl methyl sites for hydroxylation is 1. The molecule has 3 fully saturated rings. The molecule has 12 nitrogen and oxygen atoms in total. The molecule has 12 heteroatoms. The second-order valence-corrected chi connectivity index (χ2v) is 12.4. The van der Waals surface area contributed by atoms with Crippen LogP contribution in [0.3, 0.4) is 0 Å². The Balaban J connectivity index is 1.03. The number of urea groups is 1. The fraction of sp³-hybridized carbons (Fsp3) is 0.394. The summed E-state index contributed by atoms with van der Waals surface area (Å²) in [5.74, 6) is 1.83. The van der Waals surface area contributed by atoms with Crippen LogP contribution in [0.25, 0.3) is 11.1 Å². The van der Waals surface area contributed by atoms with E-state index in [0.717, 1.165) is 68.7 Å². The first-order valence-corrected chi connectivity index (χ1v) is 15.4. The highest BCUT2D eigenvalue weighted by Gasteiger charge is 2.50. The van der Waals surface area contributed by atoms with Crippen LogP contribution in [0.4, 0.5) is 22.4 Å². The molecule has 3 aromatic heterocycles. The molecule has 1 spiro atoms. The van der Waals surface area contributed by atoms with Gasteiger partial charge in [0.15, 0.2) is 5.82 Å². The van der Waals surface area contributed by atoms with Crippen molar-refractivity contribution in [2.24, 2.45) is 12.5 Å². The minimum absolute atomic E-state index is 0.0185. The van der Waals surface area contributed by atoms with Gasteiger partial charge in [-0.1, -0.05) is 30.3 Å². The molecule has 4 aromatic rings. The molecule has 7 rings (SSSR count). The van der Waals surface area contributed by atoms with Crippen molar-refractivity contribution in [2.75, 3.05) is 41.4 Å². The number of amides is 2. The van der Waals surface area contributed by atoms with E-state index in [-0.39, 0.29) is 23.5 Å². The molecule has 0 unspecified atom stereocenters. The zero-order chi connectivity index (χ0) is 30.8. The Kier molecular flexibility index (Phi) is 7.77. The maximum absolute atomic E-state index is 13.7. The lowest BCUT2D eigenvalue weighted by Gasteiger charge is -2.55. The van der Waals surface area contributed by atoms with E-state index in [1.165, 1.54) is 0 Å². The quantitative estimate of drug-likeness (QED) is 0.304. The van der Waals surface area contributed by atoms with Crippen molar-refractivity contribution < 1.29 is 9.53 Å². The van der Waals surface area contributed by atoms with Gasteiger partial charge in [-0.2, -0.15) is 15.3 Å². The smallest absolute Gasteiger partial charge is 0.323 e. The van der Waals surface area contributed by atoms with E-state index < -0.39 is 0 Å². The van der Waals surface area contributed by atoms with Gasteiger partial charge < -0.3 is 20.3 Å². The monoisotopic (exact) mass is 604 g/mol. The largest absolute Gasteiger partial charge is 0.380 e. The first-order valence-electron chi connectivity index (χ1n) is 15.4. The second kappa shape index (κ2) is 12.2. The SMILES string of the molecule is Cn1cc(-c2ccc(N(C(=O)NCc3ccccc3)[C@H]3CC[C@H](Nc4ncc(C#N)c(N5CC6(COC6)C5)n4)CC3)nc2)cn1. The number of hydrogen-bond donors (Lipinski definition) is 2. The van der Waals surface area contributed by atoms with Crippen molar-refractivity contribution in [3.05, 3.63) is 78.4 Å². The van der Waals surface area contributed by atoms with Gasteiger partial charge in [-0.15, -0.1) is 0 Å². The zero-order valence-electron chi connectivity index (χ0n) is 25.3. The van der Waals surface area contributed by atoms with Crippen LogP contribution in [-0.4, -0.2) is 69.2 Å². The van der Waals surface area contributed by atoms with Crippen LogP contribution < -0.4 is 20.4 Å². The minimum Gasteiger partial charge on any atom is -0.380 e. The van der Waals surface area contributed by atoms with E-state index >= 15 is 0 Å². The van der Waals surface area contributed by atoms with Crippen LogP contribution in [0.1, 0.15) is 36.8 Å². The Morgan fingerprint density at radius 1 is 1.04 bits per heavy atom. The molecule has 2 N–H and O–H groups in total. The number of hydrogen-bond acceptors (Lipinski definition) is 9. The number of rotatable bonds is 8. The normalized spacial score (nSPS) is 20.0. The predicted molar refractivity (Wildman–Crippen MR) is 169 cm³/mol. The topological polar surface area (TPSA) is 137 Å². The molecule has 1 saturated carbocycles. The highest BCUT2D eigenvalue weighted by molar-refractivity contribution is 5.91. The van der Waals surface area contributed by atoms with Crippen molar-refractivity contribution >= 4 is 23.6 Å². The number of nitriles is 1. The summed E-state index contributed by atoms with van der Waals surface area (Å²) < 4.78 is 7.16. The third-order valence-corrected chi connectivity index (χ3v) is 8.99. The molecule has 2 saturated heterocycles. The summed E-state index contributed by atoms with van der Waals surface area (Å²) in [6.07, 6.45) is 10.4. The molecule has 230 valence electrons. The van der Waals surface area contributed by atoms with Crippen molar-refractivity contribution in [1.29, 1.82) is 5.26 Å². The first-order chi connectivity index (χ1) is 22.0. The van der Waals surface area contributed by atoms with Crippen molar-refractivity contribution in [1.82, 2.24) is 30.0 Å². The summed E-state index contributed by atoms with van der Waals surface area (Å²) in [7, 11) is 1.88. The lowest BCUT2D eigenvalue weighted by Crippen LogP contribution is -2.66. The summed E-state index contributed by atoms with van der Waals surface area (Å²) >= 11 is 0. The first kappa shape index (κ1) is 28.7. The minimum atomic E-state index is -0.166. The summed E-state index contributed by atoms with van der Waals surface area (Å²) in [5.41, 5.74) is 3.66. The van der Waals surface area contributed by atoms with Crippen molar-refractivity contribution in [3.8, 4) is 17.2 Å². The predicted octanol–water partition coefficient (Wildman–Crippen LogP) is 4.12. The van der Waals surface area contributed by atoms with Gasteiger partial charge in [0, 0.05) is 62.3 Å². The van der Waals surface area contributed by atoms with Crippen LogP contribution in [0, 0.1) is 16.7 Å². The van der Waals surface area contributed by atoms with Crippen molar-refractivity contribution in [2.45, 2.75) is 44.3 Å². The van der Waals surface area contributed by atoms with Gasteiger partial charge >= 0.3 is 6.03 Å². The molecule has 0 bridgehead atoms. The van der Waals surface area contributed by atoms with E-state index in [1.54, 1.807) is 23.3 Å². The highest BCUT2D eigenvalue weighted by atomic mass is 16.5. The fourth-order valence-electron chi connectivity index (χ4n) is 6.49. The third-order valence-electron chi connectivity index (χ3n) is 8.99. The lowest BCUT2D eigenvalue weighted by atomic mass is 9.78. The number of anilines is 3. The van der Waals surface area contributed by atoms with Crippen LogP contribution in [0.15, 0.2) is 67.3 Å². The van der Waals surface area contributed by atoms with Gasteiger partial charge in [-0.3, -0.25) is 9.58 Å². The molecular weight excluding hydrogens is 568 g/mol. The van der Waals surface area contributed by atoms with E-state index in [9.17, 15) is 10.1 Å². The molecule has 0 radical (unpaired) electrons. The summed E-state index contributed by atoms with van der Waals surface area (Å²) in [6.45, 7) is 3.68. The van der Waals surface area contributed by atoms with Crippen LogP contribution in [0.2, 0.25) is 0 Å². The summed E-state index contributed by atoms with van der Waals surface area (Å²) in [5, 5.41) is 20.5. The fourth-order valence-corrected chi connectivity index (χ4v) is 6.49. The molecule has 3 aliphatic rings. The molecule has 5 heterocycles. The lowest BCUT2D eigenvalue weighted by molar-refractivity contribution is -0.127. The molecule has 1 aromatic carbocycles. The number of pyridine rings is 1. The molecular formula is C33H36N10O2. The van der Waals surface area contributed by atoms with Crippen LogP contribution in [-0.2, 0) is 18.3 Å². The average Bonchev–Trinajstić information content (AvgIpc) is 3.47. The average molecular weight is 605 g/mol. The Hall–Kier alpha value is -5.02. The number of nitrogens with one attached hydrogen (secondary N) is 2. The standard InChI is InChI=1S/C33H36N10O2/c1-41-18-26(17-38-41)24-7-12-29(35-15-24)43(32(44)37-14-23-5-3-2-4-6-23)28-10-8-27(9-11-28)39-31-36-16-25(13-34)30(40-31)42-19-33(20-42)21-45-22-33/h2-7,12,15-18,27-28H,8-11,14,19-22H2,1H3,(H,37,44)(H,36,39,40)/t27-,28-. The number of aromatic nitrogens is 5. The maximum atomic E-state index is 13.7. The van der Waals surface area contributed by atoms with Gasteiger partial charge in [-0.25, -0.2) is 14.8 Å². The molecule has 1 aliphatic carbocycles. The van der Waals surface area contributed by atoms with E-state index in [4.69, 9.17) is 14.7 Å². The molecule has 2 aliphatic heterocycles. The van der Waals surface area contributed by atoms with Gasteiger partial charge in [0.1, 0.15) is 17.5 Å². The Morgan fingerprint density at radius 3 is 2.49 bits per heavy atom. The van der Waals surface area contributed by atoms with Gasteiger partial charge in [0.05, 0.1) is 31.0 Å². The summed E-state index contributed by atoms with van der Waals surface area (Å²) in [6, 6.07) is 16.0. The number of ether oxygens (including phenoxy) is 1. The van der Waals surface area contributed by atoms with Crippen LogP contribution in [0.5, 0.6) is 0 Å². The molecule has 0 atom stereocenters. The highest BCUT2D eigenvalue weighted by Crippen LogP contribution is 2.40. The Bertz CT molecular complexity index is 1680. The molecule has 2 amide bonds. The van der Waals surface area contributed by atoms with Gasteiger partial charge in [0.2, 0.25) is 5.95 Å². The summed E-state index contributed by atoms with van der Waals surface area (Å²) in [4.78, 5) is 31.6. The number of carbonyl (C=O) groups is 1. The molecule has 45 heavy (non-hydrogen) atoms. The Morgan fingerprint density at radius 2 is 1.84 bits per heavy atom. The van der Waals surface area contributed by atoms with E-state index in [2.05, 4.69) is 31.7 Å². The Labute approximate surface area is 262 Å². The second-order valence-electron chi connectivity index (χ2n) is 12.4. The number of carbonyl (C=O) groups excluding carboxylic acids is 1. The van der Waals surface area contributed by atoms with Gasteiger partial charge in [-0.05, 0) is 43.4 Å².